The Labute approximate surface area is 202 Å². The number of carbonyl (C=O) groups excluding carboxylic acids is 1. The van der Waals surface area contributed by atoms with Gasteiger partial charge in [0.2, 0.25) is 5.91 Å². The Morgan fingerprint density at radius 2 is 1.51 bits per heavy atom. The SMILES string of the molecule is COc1ccc(/C=C/C(=O)Nc2ccc(Nc3cc(Nc4ccccn4)ncn3)cc2)cc1OC. The molecule has 2 aromatic heterocycles. The molecule has 3 N–H and O–H groups in total. The number of aromatic nitrogens is 3. The lowest BCUT2D eigenvalue weighted by molar-refractivity contribution is -0.111. The third kappa shape index (κ3) is 6.55. The van der Waals surface area contributed by atoms with Crippen LogP contribution < -0.4 is 25.4 Å². The van der Waals surface area contributed by atoms with Gasteiger partial charge in [0.15, 0.2) is 11.5 Å². The fourth-order valence-electron chi connectivity index (χ4n) is 3.16. The average Bonchev–Trinajstić information content (AvgIpc) is 2.89. The molecule has 0 spiro atoms. The second-order valence-electron chi connectivity index (χ2n) is 7.27. The highest BCUT2D eigenvalue weighted by molar-refractivity contribution is 6.02. The Bertz CT molecular complexity index is 1310. The number of ether oxygens (including phenoxy) is 2. The van der Waals surface area contributed by atoms with E-state index in [4.69, 9.17) is 9.47 Å². The first-order valence-electron chi connectivity index (χ1n) is 10.7. The standard InChI is InChI=1S/C26H24N6O3/c1-34-21-12-6-18(15-22(21)35-2)7-13-26(33)31-20-10-8-19(9-11-20)30-24-16-25(29-17-28-24)32-23-5-3-4-14-27-23/h3-17H,1-2H3,(H,31,33)(H2,27,28,29,30,32)/b13-7+. The van der Waals surface area contributed by atoms with Crippen molar-refractivity contribution in [2.45, 2.75) is 0 Å². The Hall–Kier alpha value is -4.92. The van der Waals surface area contributed by atoms with E-state index in [0.717, 1.165) is 11.3 Å². The molecule has 0 fully saturated rings. The fraction of sp³-hybridized carbons (Fsp3) is 0.0769. The van der Waals surface area contributed by atoms with E-state index in [1.54, 1.807) is 56.8 Å². The molecule has 0 unspecified atom stereocenters. The van der Waals surface area contributed by atoms with Crippen molar-refractivity contribution in [2.24, 2.45) is 0 Å². The Morgan fingerprint density at radius 1 is 0.771 bits per heavy atom. The van der Waals surface area contributed by atoms with Crippen LogP contribution in [0.1, 0.15) is 5.56 Å². The van der Waals surface area contributed by atoms with Gasteiger partial charge in [0.25, 0.3) is 0 Å². The fourth-order valence-corrected chi connectivity index (χ4v) is 3.16. The molecule has 0 saturated carbocycles. The number of nitrogens with one attached hydrogen (secondary N) is 3. The zero-order chi connectivity index (χ0) is 24.5. The van der Waals surface area contributed by atoms with E-state index in [1.807, 2.05) is 36.4 Å². The molecule has 9 nitrogen and oxygen atoms in total. The van der Waals surface area contributed by atoms with Crippen molar-refractivity contribution in [1.82, 2.24) is 15.0 Å². The monoisotopic (exact) mass is 468 g/mol. The molecule has 0 aliphatic carbocycles. The van der Waals surface area contributed by atoms with E-state index in [-0.39, 0.29) is 5.91 Å². The third-order valence-electron chi connectivity index (χ3n) is 4.85. The van der Waals surface area contributed by atoms with Crippen LogP contribution in [0.5, 0.6) is 11.5 Å². The molecule has 0 radical (unpaired) electrons. The van der Waals surface area contributed by atoms with Crippen LogP contribution in [0.4, 0.5) is 28.8 Å². The minimum Gasteiger partial charge on any atom is -0.493 e. The van der Waals surface area contributed by atoms with Gasteiger partial charge in [-0.25, -0.2) is 15.0 Å². The molecule has 4 rings (SSSR count). The van der Waals surface area contributed by atoms with Gasteiger partial charge in [-0.3, -0.25) is 4.79 Å². The van der Waals surface area contributed by atoms with Crippen LogP contribution in [0, 0.1) is 0 Å². The number of hydrogen-bond donors (Lipinski definition) is 3. The van der Waals surface area contributed by atoms with E-state index >= 15 is 0 Å². The summed E-state index contributed by atoms with van der Waals surface area (Å²) in [5, 5.41) is 9.18. The van der Waals surface area contributed by atoms with Gasteiger partial charge in [0.1, 0.15) is 23.8 Å². The smallest absolute Gasteiger partial charge is 0.248 e. The van der Waals surface area contributed by atoms with E-state index in [9.17, 15) is 4.79 Å². The van der Waals surface area contributed by atoms with Gasteiger partial charge in [0.05, 0.1) is 14.2 Å². The topological polar surface area (TPSA) is 110 Å². The summed E-state index contributed by atoms with van der Waals surface area (Å²) in [6.45, 7) is 0. The van der Waals surface area contributed by atoms with Crippen LogP contribution in [0.25, 0.3) is 6.08 Å². The molecule has 0 bridgehead atoms. The third-order valence-corrected chi connectivity index (χ3v) is 4.85. The molecular weight excluding hydrogens is 444 g/mol. The molecular formula is C26H24N6O3. The number of pyridine rings is 1. The van der Waals surface area contributed by atoms with Crippen molar-refractivity contribution in [3.05, 3.63) is 90.9 Å². The molecule has 0 saturated heterocycles. The van der Waals surface area contributed by atoms with Gasteiger partial charge >= 0.3 is 0 Å². The summed E-state index contributed by atoms with van der Waals surface area (Å²) >= 11 is 0. The summed E-state index contributed by atoms with van der Waals surface area (Å²) < 4.78 is 10.5. The largest absolute Gasteiger partial charge is 0.493 e. The van der Waals surface area contributed by atoms with Crippen molar-refractivity contribution < 1.29 is 14.3 Å². The van der Waals surface area contributed by atoms with Crippen LogP contribution in [0.3, 0.4) is 0 Å². The molecule has 1 amide bonds. The predicted molar refractivity (Wildman–Crippen MR) is 136 cm³/mol. The molecule has 176 valence electrons. The van der Waals surface area contributed by atoms with Gasteiger partial charge in [-0.2, -0.15) is 0 Å². The molecule has 35 heavy (non-hydrogen) atoms. The molecule has 0 aliphatic rings. The number of methoxy groups -OCH3 is 2. The number of rotatable bonds is 9. The van der Waals surface area contributed by atoms with Crippen LogP contribution in [0.15, 0.2) is 85.3 Å². The van der Waals surface area contributed by atoms with Crippen molar-refractivity contribution in [2.75, 3.05) is 30.2 Å². The lowest BCUT2D eigenvalue weighted by Gasteiger charge is -2.09. The van der Waals surface area contributed by atoms with Crippen molar-refractivity contribution >= 4 is 40.8 Å². The Morgan fingerprint density at radius 3 is 2.23 bits per heavy atom. The van der Waals surface area contributed by atoms with Gasteiger partial charge in [-0.1, -0.05) is 12.1 Å². The molecule has 9 heteroatoms. The molecule has 0 aliphatic heterocycles. The second-order valence-corrected chi connectivity index (χ2v) is 7.27. The number of nitrogens with zero attached hydrogens (tertiary/aromatic N) is 3. The summed E-state index contributed by atoms with van der Waals surface area (Å²) in [6, 6.07) is 20.1. The maximum atomic E-state index is 12.3. The highest BCUT2D eigenvalue weighted by Crippen LogP contribution is 2.28. The van der Waals surface area contributed by atoms with E-state index in [2.05, 4.69) is 30.9 Å². The number of benzene rings is 2. The van der Waals surface area contributed by atoms with Crippen molar-refractivity contribution in [3.63, 3.8) is 0 Å². The first kappa shape index (κ1) is 23.2. The van der Waals surface area contributed by atoms with Gasteiger partial charge in [-0.15, -0.1) is 0 Å². The Balaban J connectivity index is 1.34. The minimum absolute atomic E-state index is 0.249. The first-order chi connectivity index (χ1) is 17.1. The predicted octanol–water partition coefficient (Wildman–Crippen LogP) is 5.03. The van der Waals surface area contributed by atoms with Gasteiger partial charge in [0, 0.05) is 29.7 Å². The van der Waals surface area contributed by atoms with Crippen LogP contribution in [-0.2, 0) is 4.79 Å². The summed E-state index contributed by atoms with van der Waals surface area (Å²) in [4.78, 5) is 25.0. The minimum atomic E-state index is -0.249. The summed E-state index contributed by atoms with van der Waals surface area (Å²) in [5.74, 6) is 2.91. The number of amides is 1. The lowest BCUT2D eigenvalue weighted by atomic mass is 10.2. The van der Waals surface area contributed by atoms with Crippen LogP contribution in [0.2, 0.25) is 0 Å². The quantitative estimate of drug-likeness (QED) is 0.294. The average molecular weight is 469 g/mol. The van der Waals surface area contributed by atoms with Crippen LogP contribution in [-0.4, -0.2) is 35.1 Å². The molecule has 2 heterocycles. The normalized spacial score (nSPS) is 10.6. The zero-order valence-electron chi connectivity index (χ0n) is 19.2. The Kier molecular flexibility index (Phi) is 7.49. The van der Waals surface area contributed by atoms with Gasteiger partial charge in [-0.05, 0) is 60.2 Å². The maximum absolute atomic E-state index is 12.3. The summed E-state index contributed by atoms with van der Waals surface area (Å²) in [6.07, 6.45) is 6.34. The highest BCUT2D eigenvalue weighted by Gasteiger charge is 2.05. The number of carbonyl (C=O) groups is 1. The van der Waals surface area contributed by atoms with Crippen LogP contribution >= 0.6 is 0 Å². The summed E-state index contributed by atoms with van der Waals surface area (Å²) in [5.41, 5.74) is 2.29. The number of hydrogen-bond acceptors (Lipinski definition) is 8. The zero-order valence-corrected chi connectivity index (χ0v) is 19.2. The summed E-state index contributed by atoms with van der Waals surface area (Å²) in [7, 11) is 3.15. The maximum Gasteiger partial charge on any atom is 0.248 e. The molecule has 0 atom stereocenters. The second kappa shape index (κ2) is 11.3. The molecule has 2 aromatic carbocycles. The van der Waals surface area contributed by atoms with E-state index < -0.39 is 0 Å². The molecule has 4 aromatic rings. The van der Waals surface area contributed by atoms with E-state index in [1.165, 1.54) is 12.4 Å². The van der Waals surface area contributed by atoms with E-state index in [0.29, 0.717) is 34.6 Å². The van der Waals surface area contributed by atoms with Crippen molar-refractivity contribution in [3.8, 4) is 11.5 Å². The lowest BCUT2D eigenvalue weighted by Crippen LogP contribution is -2.07. The number of anilines is 5. The highest BCUT2D eigenvalue weighted by atomic mass is 16.5. The van der Waals surface area contributed by atoms with Crippen molar-refractivity contribution in [1.29, 1.82) is 0 Å². The first-order valence-corrected chi connectivity index (χ1v) is 10.7. The van der Waals surface area contributed by atoms with Gasteiger partial charge < -0.3 is 25.4 Å².